The largest absolute Gasteiger partial charge is 0.493 e. The lowest BCUT2D eigenvalue weighted by molar-refractivity contribution is -0.137. The van der Waals surface area contributed by atoms with Crippen molar-refractivity contribution in [3.05, 3.63) is 76.9 Å². The van der Waals surface area contributed by atoms with E-state index in [4.69, 9.17) is 19.1 Å². The van der Waals surface area contributed by atoms with E-state index in [1.165, 1.54) is 13.2 Å². The van der Waals surface area contributed by atoms with Crippen LogP contribution in [0.5, 0.6) is 11.5 Å². The van der Waals surface area contributed by atoms with Gasteiger partial charge in [-0.15, -0.1) is 0 Å². The van der Waals surface area contributed by atoms with E-state index in [2.05, 4.69) is 5.16 Å². The highest BCUT2D eigenvalue weighted by atomic mass is 19.1. The summed E-state index contributed by atoms with van der Waals surface area (Å²) in [5, 5.41) is 12.9. The number of rotatable bonds is 10. The molecule has 0 spiro atoms. The number of carbonyl (C=O) groups excluding carboxylic acids is 1. The van der Waals surface area contributed by atoms with Gasteiger partial charge in [-0.2, -0.15) is 0 Å². The number of carboxylic acid groups (broad SMARTS) is 1. The van der Waals surface area contributed by atoms with Crippen molar-refractivity contribution in [3.8, 4) is 11.5 Å². The van der Waals surface area contributed by atoms with Crippen LogP contribution in [-0.4, -0.2) is 40.7 Å². The highest BCUT2D eigenvalue weighted by Gasteiger charge is 2.32. The lowest BCUT2D eigenvalue weighted by Gasteiger charge is -2.23. The first kappa shape index (κ1) is 24.3. The van der Waals surface area contributed by atoms with Crippen molar-refractivity contribution >= 4 is 11.9 Å². The Bertz CT molecular complexity index is 1190. The summed E-state index contributed by atoms with van der Waals surface area (Å²) < 4.78 is 30.3. The lowest BCUT2D eigenvalue weighted by Crippen LogP contribution is -2.32. The molecule has 1 amide bonds. The van der Waals surface area contributed by atoms with E-state index in [9.17, 15) is 14.0 Å². The summed E-state index contributed by atoms with van der Waals surface area (Å²) in [6, 6.07) is 13.2. The van der Waals surface area contributed by atoms with Gasteiger partial charge in [0.1, 0.15) is 23.9 Å². The molecule has 3 aromatic rings. The minimum Gasteiger partial charge on any atom is -0.493 e. The summed E-state index contributed by atoms with van der Waals surface area (Å²) in [4.78, 5) is 25.7. The second kappa shape index (κ2) is 11.0. The van der Waals surface area contributed by atoms with Crippen molar-refractivity contribution in [2.45, 2.75) is 44.8 Å². The van der Waals surface area contributed by atoms with Crippen molar-refractivity contribution in [2.75, 3.05) is 13.7 Å². The summed E-state index contributed by atoms with van der Waals surface area (Å²) in [5.41, 5.74) is 1.84. The van der Waals surface area contributed by atoms with E-state index < -0.39 is 5.97 Å². The number of likely N-dealkylation sites (tertiary alicyclic amines) is 1. The average Bonchev–Trinajstić information content (AvgIpc) is 3.52. The van der Waals surface area contributed by atoms with Crippen molar-refractivity contribution in [1.82, 2.24) is 10.1 Å². The number of benzene rings is 2. The van der Waals surface area contributed by atoms with Crippen LogP contribution in [-0.2, 0) is 29.0 Å². The molecule has 1 aliphatic rings. The Balaban J connectivity index is 1.40. The zero-order chi connectivity index (χ0) is 24.8. The Labute approximate surface area is 202 Å². The van der Waals surface area contributed by atoms with Crippen LogP contribution >= 0.6 is 0 Å². The van der Waals surface area contributed by atoms with Gasteiger partial charge >= 0.3 is 5.97 Å². The number of hydrogen-bond donors (Lipinski definition) is 1. The van der Waals surface area contributed by atoms with Crippen LogP contribution in [0.1, 0.15) is 47.9 Å². The quantitative estimate of drug-likeness (QED) is 0.459. The molecule has 4 rings (SSSR count). The number of ether oxygens (including phenoxy) is 2. The number of aliphatic carboxylic acids is 1. The fraction of sp³-hybridized carbons (Fsp3) is 0.346. The van der Waals surface area contributed by atoms with Gasteiger partial charge in [0.25, 0.3) is 0 Å². The van der Waals surface area contributed by atoms with Crippen LogP contribution < -0.4 is 9.47 Å². The molecule has 1 aliphatic heterocycles. The molecule has 184 valence electrons. The Morgan fingerprint density at radius 3 is 2.80 bits per heavy atom. The molecule has 8 nitrogen and oxygen atoms in total. The number of hydrogen-bond acceptors (Lipinski definition) is 6. The Kier molecular flexibility index (Phi) is 7.64. The molecule has 0 bridgehead atoms. The maximum Gasteiger partial charge on any atom is 0.303 e. The van der Waals surface area contributed by atoms with Crippen LogP contribution in [0.2, 0.25) is 0 Å². The molecular formula is C26H27FN2O6. The van der Waals surface area contributed by atoms with Gasteiger partial charge in [-0.1, -0.05) is 29.4 Å². The third-order valence-electron chi connectivity index (χ3n) is 6.00. The third kappa shape index (κ3) is 5.98. The Morgan fingerprint density at radius 1 is 1.20 bits per heavy atom. The summed E-state index contributed by atoms with van der Waals surface area (Å²) in [6.07, 6.45) is 2.00. The third-order valence-corrected chi connectivity index (χ3v) is 6.00. The highest BCUT2D eigenvalue weighted by Crippen LogP contribution is 2.33. The predicted octanol–water partition coefficient (Wildman–Crippen LogP) is 4.32. The highest BCUT2D eigenvalue weighted by molar-refractivity contribution is 5.79. The van der Waals surface area contributed by atoms with Crippen LogP contribution in [0, 0.1) is 5.82 Å². The maximum absolute atomic E-state index is 13.9. The molecule has 0 saturated carbocycles. The first-order valence-corrected chi connectivity index (χ1v) is 11.4. The second-order valence-corrected chi connectivity index (χ2v) is 8.40. The fourth-order valence-corrected chi connectivity index (χ4v) is 4.19. The molecule has 1 fully saturated rings. The molecule has 2 aromatic carbocycles. The molecule has 1 N–H and O–H groups in total. The molecule has 0 aliphatic carbocycles. The number of carbonyl (C=O) groups is 2. The van der Waals surface area contributed by atoms with Gasteiger partial charge in [0, 0.05) is 24.6 Å². The Morgan fingerprint density at radius 2 is 2.03 bits per heavy atom. The summed E-state index contributed by atoms with van der Waals surface area (Å²) in [7, 11) is 1.51. The molecule has 1 saturated heterocycles. The molecule has 1 aromatic heterocycles. The second-order valence-electron chi connectivity index (χ2n) is 8.40. The SMILES string of the molecule is COc1cc(CC(=O)N2CCCC2c2cc(CCC(=O)O)on2)ccc1OCc1ccccc1F. The van der Waals surface area contributed by atoms with Gasteiger partial charge in [0.05, 0.1) is 26.0 Å². The topological polar surface area (TPSA) is 102 Å². The first-order valence-electron chi connectivity index (χ1n) is 11.4. The predicted molar refractivity (Wildman–Crippen MR) is 124 cm³/mol. The number of halogens is 1. The van der Waals surface area contributed by atoms with Gasteiger partial charge in [0.15, 0.2) is 11.5 Å². The maximum atomic E-state index is 13.9. The minimum absolute atomic E-state index is 0.0379. The van der Waals surface area contributed by atoms with E-state index >= 15 is 0 Å². The van der Waals surface area contributed by atoms with Gasteiger partial charge < -0.3 is 24.0 Å². The van der Waals surface area contributed by atoms with Crippen LogP contribution in [0.15, 0.2) is 53.1 Å². The van der Waals surface area contributed by atoms with Gasteiger partial charge in [-0.05, 0) is 36.6 Å². The summed E-state index contributed by atoms with van der Waals surface area (Å²) >= 11 is 0. The monoisotopic (exact) mass is 482 g/mol. The number of carboxylic acids is 1. The minimum atomic E-state index is -0.903. The number of nitrogens with zero attached hydrogens (tertiary/aromatic N) is 2. The van der Waals surface area contributed by atoms with Crippen LogP contribution in [0.25, 0.3) is 0 Å². The molecular weight excluding hydrogens is 455 g/mol. The number of methoxy groups -OCH3 is 1. The Hall–Kier alpha value is -3.88. The van der Waals surface area contributed by atoms with Crippen LogP contribution in [0.3, 0.4) is 0 Å². The van der Waals surface area contributed by atoms with Crippen molar-refractivity contribution < 1.29 is 33.1 Å². The number of aryl methyl sites for hydroxylation is 1. The standard InChI is InChI=1S/C26H27FN2O6/c1-33-24-13-17(8-10-23(24)34-16-18-5-2-3-6-20(18)27)14-25(30)29-12-4-7-22(29)21-15-19(35-28-21)9-11-26(31)32/h2-3,5-6,8,10,13,15,22H,4,7,9,11-12,14,16H2,1H3,(H,31,32). The van der Waals surface area contributed by atoms with E-state index in [1.54, 1.807) is 47.4 Å². The lowest BCUT2D eigenvalue weighted by atomic mass is 10.1. The number of amides is 1. The molecule has 35 heavy (non-hydrogen) atoms. The van der Waals surface area contributed by atoms with Gasteiger partial charge in [0.2, 0.25) is 5.91 Å². The van der Waals surface area contributed by atoms with Gasteiger partial charge in [-0.25, -0.2) is 4.39 Å². The summed E-state index contributed by atoms with van der Waals surface area (Å²) in [5.74, 6) is 0.128. The average molecular weight is 483 g/mol. The van der Waals surface area contributed by atoms with Gasteiger partial charge in [-0.3, -0.25) is 9.59 Å². The van der Waals surface area contributed by atoms with E-state index in [0.717, 1.165) is 18.4 Å². The number of aromatic nitrogens is 1. The van der Waals surface area contributed by atoms with Crippen LogP contribution in [0.4, 0.5) is 4.39 Å². The fourth-order valence-electron chi connectivity index (χ4n) is 4.19. The van der Waals surface area contributed by atoms with Crippen molar-refractivity contribution in [3.63, 3.8) is 0 Å². The zero-order valence-corrected chi connectivity index (χ0v) is 19.4. The molecule has 0 radical (unpaired) electrons. The van der Waals surface area contributed by atoms with Crippen molar-refractivity contribution in [2.24, 2.45) is 0 Å². The molecule has 1 atom stereocenters. The van der Waals surface area contributed by atoms with E-state index in [-0.39, 0.29) is 43.6 Å². The molecule has 1 unspecified atom stereocenters. The molecule has 2 heterocycles. The smallest absolute Gasteiger partial charge is 0.303 e. The first-order chi connectivity index (χ1) is 16.9. The summed E-state index contributed by atoms with van der Waals surface area (Å²) in [6.45, 7) is 0.671. The van der Waals surface area contributed by atoms with E-state index in [1.807, 2.05) is 0 Å². The molecule has 9 heteroatoms. The van der Waals surface area contributed by atoms with E-state index in [0.29, 0.717) is 35.1 Å². The zero-order valence-electron chi connectivity index (χ0n) is 19.4. The normalized spacial score (nSPS) is 15.3. The van der Waals surface area contributed by atoms with Crippen molar-refractivity contribution in [1.29, 1.82) is 0 Å².